The Hall–Kier alpha value is -2.62. The summed E-state index contributed by atoms with van der Waals surface area (Å²) in [5.74, 6) is 1.09. The van der Waals surface area contributed by atoms with Crippen molar-refractivity contribution in [1.82, 2.24) is 14.5 Å². The number of aromatic nitrogens is 3. The molecule has 0 aliphatic heterocycles. The zero-order valence-electron chi connectivity index (χ0n) is 10.3. The highest BCUT2D eigenvalue weighted by atomic mass is 16.3. The van der Waals surface area contributed by atoms with Gasteiger partial charge in [0, 0.05) is 24.2 Å². The molecular weight excluding hydrogens is 238 g/mol. The molecule has 4 nitrogen and oxygen atoms in total. The summed E-state index contributed by atoms with van der Waals surface area (Å²) in [5, 5.41) is 9.82. The molecule has 2 aromatic heterocycles. The Morgan fingerprint density at radius 1 is 0.947 bits per heavy atom. The fourth-order valence-corrected chi connectivity index (χ4v) is 1.99. The first-order valence-corrected chi connectivity index (χ1v) is 6.04. The van der Waals surface area contributed by atoms with E-state index in [0.29, 0.717) is 12.3 Å². The molecule has 0 radical (unpaired) electrons. The fraction of sp³-hybridized carbons (Fsp3) is 0.0667. The molecule has 0 unspecified atom stereocenters. The third kappa shape index (κ3) is 2.33. The molecule has 1 N–H and O–H groups in total. The van der Waals surface area contributed by atoms with E-state index < -0.39 is 0 Å². The zero-order valence-corrected chi connectivity index (χ0v) is 10.3. The quantitative estimate of drug-likeness (QED) is 0.778. The van der Waals surface area contributed by atoms with Crippen molar-refractivity contribution in [1.29, 1.82) is 0 Å². The predicted octanol–water partition coefficient (Wildman–Crippen LogP) is 2.70. The summed E-state index contributed by atoms with van der Waals surface area (Å²) in [7, 11) is 0. The van der Waals surface area contributed by atoms with Gasteiger partial charge >= 0.3 is 0 Å². The Labute approximate surface area is 111 Å². The van der Waals surface area contributed by atoms with Crippen LogP contribution < -0.4 is 0 Å². The summed E-state index contributed by atoms with van der Waals surface area (Å²) in [5.41, 5.74) is 1.68. The molecule has 0 saturated carbocycles. The predicted molar refractivity (Wildman–Crippen MR) is 72.7 cm³/mol. The van der Waals surface area contributed by atoms with E-state index in [1.165, 1.54) is 0 Å². The van der Waals surface area contributed by atoms with Gasteiger partial charge in [-0.05, 0) is 18.2 Å². The molecule has 0 bridgehead atoms. The lowest BCUT2D eigenvalue weighted by molar-refractivity contribution is 0.466. The Bertz CT molecular complexity index is 677. The van der Waals surface area contributed by atoms with Gasteiger partial charge in [-0.25, -0.2) is 4.98 Å². The summed E-state index contributed by atoms with van der Waals surface area (Å²) in [6, 6.07) is 13.0. The van der Waals surface area contributed by atoms with Gasteiger partial charge in [0.05, 0.1) is 6.54 Å². The van der Waals surface area contributed by atoms with E-state index in [1.54, 1.807) is 18.5 Å². The van der Waals surface area contributed by atoms with Crippen LogP contribution in [0.15, 0.2) is 61.1 Å². The number of imidazole rings is 1. The van der Waals surface area contributed by atoms with Gasteiger partial charge in [0.15, 0.2) is 5.82 Å². The Balaban J connectivity index is 1.96. The minimum atomic E-state index is 0.295. The summed E-state index contributed by atoms with van der Waals surface area (Å²) in [4.78, 5) is 8.63. The van der Waals surface area contributed by atoms with Crippen molar-refractivity contribution < 1.29 is 5.11 Å². The van der Waals surface area contributed by atoms with Gasteiger partial charge in [-0.1, -0.05) is 24.3 Å². The second kappa shape index (κ2) is 4.94. The van der Waals surface area contributed by atoms with Crippen LogP contribution in [0.5, 0.6) is 5.75 Å². The number of pyridine rings is 1. The number of nitrogens with zero attached hydrogens (tertiary/aromatic N) is 3. The van der Waals surface area contributed by atoms with E-state index in [2.05, 4.69) is 9.97 Å². The zero-order chi connectivity index (χ0) is 13.1. The number of hydrogen-bond donors (Lipinski definition) is 1. The monoisotopic (exact) mass is 251 g/mol. The maximum Gasteiger partial charge on any atom is 0.158 e. The summed E-state index contributed by atoms with van der Waals surface area (Å²) in [6.45, 7) is 0.568. The molecule has 0 amide bonds. The second-order valence-corrected chi connectivity index (χ2v) is 4.22. The van der Waals surface area contributed by atoms with E-state index in [9.17, 15) is 5.11 Å². The van der Waals surface area contributed by atoms with Crippen molar-refractivity contribution in [2.24, 2.45) is 0 Å². The Morgan fingerprint density at radius 3 is 2.58 bits per heavy atom. The van der Waals surface area contributed by atoms with Gasteiger partial charge in [0.2, 0.25) is 0 Å². The molecule has 94 valence electrons. The van der Waals surface area contributed by atoms with Crippen LogP contribution in [0.25, 0.3) is 11.5 Å². The highest BCUT2D eigenvalue weighted by Crippen LogP contribution is 2.20. The Kier molecular flexibility index (Phi) is 2.98. The maximum absolute atomic E-state index is 9.82. The van der Waals surface area contributed by atoms with Crippen molar-refractivity contribution in [2.45, 2.75) is 6.54 Å². The molecule has 2 heterocycles. The molecule has 4 heteroatoms. The normalized spacial score (nSPS) is 10.5. The minimum absolute atomic E-state index is 0.295. The summed E-state index contributed by atoms with van der Waals surface area (Å²) < 4.78 is 1.97. The second-order valence-electron chi connectivity index (χ2n) is 4.22. The fourth-order valence-electron chi connectivity index (χ4n) is 1.99. The van der Waals surface area contributed by atoms with Crippen LogP contribution in [-0.4, -0.2) is 19.6 Å². The smallest absolute Gasteiger partial charge is 0.158 e. The lowest BCUT2D eigenvalue weighted by Gasteiger charge is -2.08. The number of phenols is 1. The highest BCUT2D eigenvalue weighted by molar-refractivity contribution is 5.49. The van der Waals surface area contributed by atoms with Crippen LogP contribution in [0.1, 0.15) is 5.56 Å². The van der Waals surface area contributed by atoms with Gasteiger partial charge in [-0.2, -0.15) is 0 Å². The number of phenolic OH excluding ortho intramolecular Hbond substituents is 1. The highest BCUT2D eigenvalue weighted by Gasteiger charge is 2.08. The van der Waals surface area contributed by atoms with E-state index in [0.717, 1.165) is 17.1 Å². The molecule has 0 spiro atoms. The van der Waals surface area contributed by atoms with Crippen molar-refractivity contribution in [3.8, 4) is 17.3 Å². The van der Waals surface area contributed by atoms with Gasteiger partial charge in [0.1, 0.15) is 11.4 Å². The number of aromatic hydroxyl groups is 1. The van der Waals surface area contributed by atoms with E-state index in [-0.39, 0.29) is 0 Å². The molecule has 1 aromatic carbocycles. The lowest BCUT2D eigenvalue weighted by Crippen LogP contribution is -2.02. The third-order valence-electron chi connectivity index (χ3n) is 2.94. The maximum atomic E-state index is 9.82. The molecule has 3 rings (SSSR count). The number of hydrogen-bond acceptors (Lipinski definition) is 3. The van der Waals surface area contributed by atoms with Crippen molar-refractivity contribution in [2.75, 3.05) is 0 Å². The van der Waals surface area contributed by atoms with Crippen molar-refractivity contribution in [3.63, 3.8) is 0 Å². The van der Waals surface area contributed by atoms with Crippen molar-refractivity contribution in [3.05, 3.63) is 66.6 Å². The number of benzene rings is 1. The van der Waals surface area contributed by atoms with E-state index in [1.807, 2.05) is 47.2 Å². The van der Waals surface area contributed by atoms with E-state index >= 15 is 0 Å². The number of rotatable bonds is 3. The first-order chi connectivity index (χ1) is 9.34. The van der Waals surface area contributed by atoms with Crippen LogP contribution in [0, 0.1) is 0 Å². The van der Waals surface area contributed by atoms with Crippen molar-refractivity contribution >= 4 is 0 Å². The first-order valence-electron chi connectivity index (χ1n) is 6.04. The van der Waals surface area contributed by atoms with Crippen LogP contribution >= 0.6 is 0 Å². The molecule has 0 fully saturated rings. The summed E-state index contributed by atoms with van der Waals surface area (Å²) >= 11 is 0. The van der Waals surface area contributed by atoms with Gasteiger partial charge < -0.3 is 9.67 Å². The molecule has 0 aliphatic carbocycles. The molecular formula is C15H13N3O. The van der Waals surface area contributed by atoms with Gasteiger partial charge in [0.25, 0.3) is 0 Å². The summed E-state index contributed by atoms with van der Waals surface area (Å²) in [6.07, 6.45) is 5.37. The number of para-hydroxylation sites is 1. The molecule has 0 atom stereocenters. The molecule has 19 heavy (non-hydrogen) atoms. The minimum Gasteiger partial charge on any atom is -0.508 e. The first kappa shape index (κ1) is 11.5. The topological polar surface area (TPSA) is 50.9 Å². The molecule has 3 aromatic rings. The van der Waals surface area contributed by atoms with Crippen LogP contribution in [0.4, 0.5) is 0 Å². The van der Waals surface area contributed by atoms with Gasteiger partial charge in [-0.15, -0.1) is 0 Å². The van der Waals surface area contributed by atoms with Crippen LogP contribution in [0.2, 0.25) is 0 Å². The average Bonchev–Trinajstić information content (AvgIpc) is 2.91. The van der Waals surface area contributed by atoms with Gasteiger partial charge in [-0.3, -0.25) is 4.98 Å². The van der Waals surface area contributed by atoms with E-state index in [4.69, 9.17) is 0 Å². The molecule has 0 saturated heterocycles. The standard InChI is InChI=1S/C15H13N3O/c19-14-7-2-1-5-12(14)11-18-10-9-17-15(18)13-6-3-4-8-16-13/h1-10,19H,11H2. The third-order valence-corrected chi connectivity index (χ3v) is 2.94. The van der Waals surface area contributed by atoms with Crippen LogP contribution in [-0.2, 0) is 6.54 Å². The average molecular weight is 251 g/mol. The SMILES string of the molecule is Oc1ccccc1Cn1ccnc1-c1ccccn1. The largest absolute Gasteiger partial charge is 0.508 e. The lowest BCUT2D eigenvalue weighted by atomic mass is 10.2. The Morgan fingerprint density at radius 2 is 1.79 bits per heavy atom. The van der Waals surface area contributed by atoms with Crippen LogP contribution in [0.3, 0.4) is 0 Å². The molecule has 0 aliphatic rings.